The Bertz CT molecular complexity index is 2830. The van der Waals surface area contributed by atoms with E-state index in [1.807, 2.05) is 26.0 Å². The van der Waals surface area contributed by atoms with E-state index in [1.165, 1.54) is 18.2 Å². The molecular formula is C47H36ClF7O12. The van der Waals surface area contributed by atoms with Crippen molar-refractivity contribution in [1.82, 2.24) is 0 Å². The van der Waals surface area contributed by atoms with E-state index >= 15 is 0 Å². The third-order valence-electron chi connectivity index (χ3n) is 9.81. The molecule has 0 radical (unpaired) electrons. The molecule has 1 aliphatic rings. The highest BCUT2D eigenvalue weighted by Gasteiger charge is 2.35. The number of halogens is 8. The molecule has 5 aromatic carbocycles. The van der Waals surface area contributed by atoms with Gasteiger partial charge >= 0.3 is 42.2 Å². The molecule has 1 aromatic heterocycles. The molecule has 0 spiro atoms. The summed E-state index contributed by atoms with van der Waals surface area (Å²) in [4.78, 5) is 65.3. The predicted octanol–water partition coefficient (Wildman–Crippen LogP) is 11.5. The fraction of sp³-hybridized carbons (Fsp3) is 0.191. The van der Waals surface area contributed by atoms with Crippen LogP contribution in [-0.2, 0) is 41.2 Å². The largest absolute Gasteiger partial charge is 0.481 e. The quantitative estimate of drug-likeness (QED) is 0.0640. The summed E-state index contributed by atoms with van der Waals surface area (Å²) in [6.45, 7) is 3.82. The first-order valence-electron chi connectivity index (χ1n) is 19.3. The zero-order valence-electron chi connectivity index (χ0n) is 34.8. The Morgan fingerprint density at radius 3 is 1.69 bits per heavy atom. The maximum absolute atomic E-state index is 13.1. The molecule has 0 unspecified atom stereocenters. The van der Waals surface area contributed by atoms with Crippen LogP contribution in [0.4, 0.5) is 30.7 Å². The highest BCUT2D eigenvalue weighted by molar-refractivity contribution is 6.33. The Hall–Kier alpha value is -7.54. The standard InChI is InChI=1S/C14H10O4.C12H6ClF3O3.C12H14O3.C9H6F4O2/c15-13(16)9-5-3-7-1-2-8-4-6-10(14(17)18)12(9)11(7)8;13-8-2-1-6(12(14,15)16)5-7(8)9-3-4-10(19-9)11(17)18;1-8-3-4-10(9(2)7-8)11(13)5-6-12(14)15;10-8-5(4-7(14)15)2-1-3-6(8)9(11,12)13/h3-6H,1-2H2,(H,15,16)(H,17,18);1-5H,(H,17,18);3-4,7H,5-6H2,1-2H3,(H,14,15);1-3H,4H2,(H,14,15). The van der Waals surface area contributed by atoms with Crippen molar-refractivity contribution in [2.45, 2.75) is 58.3 Å². The van der Waals surface area contributed by atoms with Gasteiger partial charge in [-0.3, -0.25) is 14.4 Å². The molecule has 1 aliphatic carbocycles. The second-order valence-electron chi connectivity index (χ2n) is 14.5. The van der Waals surface area contributed by atoms with Gasteiger partial charge in [0.1, 0.15) is 11.6 Å². The van der Waals surface area contributed by atoms with Crippen molar-refractivity contribution >= 4 is 58.0 Å². The van der Waals surface area contributed by atoms with Gasteiger partial charge in [-0.05, 0) is 103 Å². The summed E-state index contributed by atoms with van der Waals surface area (Å²) in [6, 6.07) is 19.8. The fourth-order valence-electron chi connectivity index (χ4n) is 6.75. The van der Waals surface area contributed by atoms with Crippen LogP contribution in [0.1, 0.15) is 93.4 Å². The average molecular weight is 961 g/mol. The number of hydrogen-bond donors (Lipinski definition) is 5. The van der Waals surface area contributed by atoms with E-state index in [9.17, 15) is 69.7 Å². The van der Waals surface area contributed by atoms with Gasteiger partial charge in [-0.15, -0.1) is 0 Å². The van der Waals surface area contributed by atoms with Gasteiger partial charge in [0.15, 0.2) is 5.78 Å². The lowest BCUT2D eigenvalue weighted by atomic mass is 9.95. The molecule has 20 heteroatoms. The number of alkyl halides is 6. The number of carbonyl (C=O) groups excluding carboxylic acids is 1. The van der Waals surface area contributed by atoms with E-state index in [0.29, 0.717) is 17.0 Å². The number of hydrogen-bond acceptors (Lipinski definition) is 7. The van der Waals surface area contributed by atoms with E-state index in [0.717, 1.165) is 76.9 Å². The number of carboxylic acids is 5. The molecule has 0 atom stereocenters. The molecule has 6 aromatic rings. The van der Waals surface area contributed by atoms with Crippen molar-refractivity contribution in [3.05, 3.63) is 163 Å². The number of aromatic carboxylic acids is 3. The predicted molar refractivity (Wildman–Crippen MR) is 226 cm³/mol. The molecule has 12 nitrogen and oxygen atoms in total. The summed E-state index contributed by atoms with van der Waals surface area (Å²) in [6.07, 6.45) is -8.44. The number of rotatable bonds is 10. The summed E-state index contributed by atoms with van der Waals surface area (Å²) in [5, 5.41) is 45.1. The normalized spacial score (nSPS) is 11.6. The maximum Gasteiger partial charge on any atom is 0.419 e. The lowest BCUT2D eigenvalue weighted by molar-refractivity contribution is -0.141. The number of furan rings is 1. The summed E-state index contributed by atoms with van der Waals surface area (Å²) < 4.78 is 92.4. The molecule has 1 heterocycles. The van der Waals surface area contributed by atoms with Crippen molar-refractivity contribution in [3.8, 4) is 11.3 Å². The zero-order chi connectivity index (χ0) is 50.1. The van der Waals surface area contributed by atoms with E-state index in [1.54, 1.807) is 18.2 Å². The summed E-state index contributed by atoms with van der Waals surface area (Å²) in [7, 11) is 0. The van der Waals surface area contributed by atoms with Crippen molar-refractivity contribution in [3.63, 3.8) is 0 Å². The monoisotopic (exact) mass is 960 g/mol. The van der Waals surface area contributed by atoms with E-state index < -0.39 is 71.1 Å². The second kappa shape index (κ2) is 21.6. The first-order chi connectivity index (χ1) is 31.2. The van der Waals surface area contributed by atoms with Gasteiger partial charge < -0.3 is 29.9 Å². The van der Waals surface area contributed by atoms with Crippen LogP contribution in [0.25, 0.3) is 22.1 Å². The van der Waals surface area contributed by atoms with Gasteiger partial charge in [0.05, 0.1) is 40.1 Å². The van der Waals surface area contributed by atoms with E-state index in [4.69, 9.17) is 31.3 Å². The molecule has 352 valence electrons. The third-order valence-corrected chi connectivity index (χ3v) is 10.1. The van der Waals surface area contributed by atoms with Crippen LogP contribution in [0, 0.1) is 19.7 Å². The highest BCUT2D eigenvalue weighted by atomic mass is 35.5. The number of aliphatic carboxylic acids is 2. The fourth-order valence-corrected chi connectivity index (χ4v) is 6.96. The number of Topliss-reactive ketones (excluding diaryl/α,β-unsaturated/α-hetero) is 1. The van der Waals surface area contributed by atoms with Gasteiger partial charge in [0.2, 0.25) is 5.76 Å². The minimum atomic E-state index is -4.81. The van der Waals surface area contributed by atoms with Crippen LogP contribution in [-0.4, -0.2) is 61.2 Å². The van der Waals surface area contributed by atoms with Crippen molar-refractivity contribution in [1.29, 1.82) is 0 Å². The summed E-state index contributed by atoms with van der Waals surface area (Å²) in [5.74, 6) is -7.84. The molecule has 5 N–H and O–H groups in total. The Morgan fingerprint density at radius 1 is 0.627 bits per heavy atom. The Balaban J connectivity index is 0.000000196. The molecule has 0 saturated carbocycles. The van der Waals surface area contributed by atoms with Crippen LogP contribution < -0.4 is 0 Å². The summed E-state index contributed by atoms with van der Waals surface area (Å²) in [5.41, 5.74) is 2.02. The van der Waals surface area contributed by atoms with Crippen LogP contribution in [0.5, 0.6) is 0 Å². The summed E-state index contributed by atoms with van der Waals surface area (Å²) >= 11 is 5.79. The number of ketones is 1. The van der Waals surface area contributed by atoms with E-state index in [-0.39, 0.29) is 51.9 Å². The average Bonchev–Trinajstić information content (AvgIpc) is 3.90. The van der Waals surface area contributed by atoms with Crippen LogP contribution in [0.3, 0.4) is 0 Å². The Morgan fingerprint density at radius 2 is 1.21 bits per heavy atom. The smallest absolute Gasteiger partial charge is 0.419 e. The van der Waals surface area contributed by atoms with Crippen molar-refractivity contribution in [2.24, 2.45) is 0 Å². The first kappa shape index (κ1) is 52.1. The molecule has 0 amide bonds. The number of aryl methyl sites for hydroxylation is 4. The molecule has 0 saturated heterocycles. The number of carbonyl (C=O) groups is 6. The van der Waals surface area contributed by atoms with Crippen molar-refractivity contribution < 1.29 is 89.4 Å². The molecule has 0 fully saturated rings. The first-order valence-corrected chi connectivity index (χ1v) is 19.7. The van der Waals surface area contributed by atoms with Gasteiger partial charge in [-0.25, -0.2) is 18.8 Å². The number of carboxylic acid groups (broad SMARTS) is 5. The van der Waals surface area contributed by atoms with Gasteiger partial charge in [0, 0.05) is 22.9 Å². The SMILES string of the molecule is Cc1ccc(C(=O)CCC(=O)O)c(C)c1.O=C(O)Cc1cccc(C(F)(F)F)c1F.O=C(O)c1ccc(-c2cc(C(F)(F)F)ccc2Cl)o1.O=C(O)c1ccc2c3c(ccc(C(=O)O)c13)CC2. The molecule has 0 bridgehead atoms. The van der Waals surface area contributed by atoms with Crippen molar-refractivity contribution in [2.75, 3.05) is 0 Å². The lowest BCUT2D eigenvalue weighted by Crippen LogP contribution is -2.11. The van der Waals surface area contributed by atoms with Gasteiger partial charge in [-0.1, -0.05) is 59.6 Å². The zero-order valence-corrected chi connectivity index (χ0v) is 35.6. The topological polar surface area (TPSA) is 217 Å². The number of benzene rings is 5. The van der Waals surface area contributed by atoms with Crippen LogP contribution in [0.15, 0.2) is 95.4 Å². The van der Waals surface area contributed by atoms with E-state index in [2.05, 4.69) is 0 Å². The lowest BCUT2D eigenvalue weighted by Gasteiger charge is -2.09. The second-order valence-corrected chi connectivity index (χ2v) is 15.0. The minimum absolute atomic E-state index is 0.0102. The Labute approximate surface area is 379 Å². The van der Waals surface area contributed by atoms with Crippen LogP contribution >= 0.6 is 11.6 Å². The van der Waals surface area contributed by atoms with Gasteiger partial charge in [-0.2, -0.15) is 26.3 Å². The molecule has 0 aliphatic heterocycles. The molecule has 7 rings (SSSR count). The third kappa shape index (κ3) is 13.5. The van der Waals surface area contributed by atoms with Crippen LogP contribution in [0.2, 0.25) is 5.02 Å². The maximum atomic E-state index is 13.1. The van der Waals surface area contributed by atoms with Gasteiger partial charge in [0.25, 0.3) is 0 Å². The highest BCUT2D eigenvalue weighted by Crippen LogP contribution is 2.38. The Kier molecular flexibility index (Phi) is 16.8. The molecule has 67 heavy (non-hydrogen) atoms. The minimum Gasteiger partial charge on any atom is -0.481 e. The molecular weight excluding hydrogens is 925 g/mol.